The van der Waals surface area contributed by atoms with Gasteiger partial charge in [-0.25, -0.2) is 0 Å². The van der Waals surface area contributed by atoms with E-state index in [-0.39, 0.29) is 0 Å². The maximum atomic E-state index is 8.98. The van der Waals surface area contributed by atoms with Crippen LogP contribution in [0.3, 0.4) is 0 Å². The van der Waals surface area contributed by atoms with Crippen LogP contribution in [0.2, 0.25) is 0 Å². The van der Waals surface area contributed by atoms with E-state index in [1.54, 1.807) is 7.05 Å². The molecule has 0 bridgehead atoms. The normalized spacial score (nSPS) is 12.5. The molecule has 0 aliphatic rings. The van der Waals surface area contributed by atoms with Crippen molar-refractivity contribution in [2.75, 3.05) is 20.6 Å². The van der Waals surface area contributed by atoms with Crippen LogP contribution in [-0.2, 0) is 13.1 Å². The van der Waals surface area contributed by atoms with Crippen LogP contribution in [0.5, 0.6) is 0 Å². The molecule has 2 aromatic rings. The first-order valence-corrected chi connectivity index (χ1v) is 9.30. The molecule has 27 heavy (non-hydrogen) atoms. The molecule has 142 valence electrons. The molecule has 2 aromatic carbocycles. The number of hydrogen-bond donors (Lipinski definition) is 2. The first-order valence-electron chi connectivity index (χ1n) is 9.30. The fourth-order valence-corrected chi connectivity index (χ4v) is 2.80. The highest BCUT2D eigenvalue weighted by atomic mass is 15.2. The van der Waals surface area contributed by atoms with Crippen molar-refractivity contribution >= 4 is 5.96 Å². The molecule has 0 aliphatic heterocycles. The topological polar surface area (TPSA) is 63.5 Å². The van der Waals surface area contributed by atoms with Crippen molar-refractivity contribution in [1.29, 1.82) is 5.26 Å². The number of benzene rings is 2. The minimum Gasteiger partial charge on any atom is -0.356 e. The minimum absolute atomic E-state index is 0.461. The lowest BCUT2D eigenvalue weighted by Crippen LogP contribution is -2.39. The second-order valence-corrected chi connectivity index (χ2v) is 6.70. The van der Waals surface area contributed by atoms with Gasteiger partial charge in [0, 0.05) is 32.7 Å². The lowest BCUT2D eigenvalue weighted by atomic mass is 10.1. The van der Waals surface area contributed by atoms with Crippen LogP contribution in [0.1, 0.15) is 30.0 Å². The summed E-state index contributed by atoms with van der Waals surface area (Å²) < 4.78 is 0. The number of rotatable bonds is 8. The average molecular weight is 364 g/mol. The predicted octanol–water partition coefficient (Wildman–Crippen LogP) is 3.13. The van der Waals surface area contributed by atoms with Gasteiger partial charge in [-0.05, 0) is 43.7 Å². The Balaban J connectivity index is 1.73. The van der Waals surface area contributed by atoms with E-state index < -0.39 is 0 Å². The Labute approximate surface area is 162 Å². The van der Waals surface area contributed by atoms with E-state index in [4.69, 9.17) is 5.26 Å². The van der Waals surface area contributed by atoms with Crippen molar-refractivity contribution in [1.82, 2.24) is 15.5 Å². The van der Waals surface area contributed by atoms with Crippen LogP contribution in [0, 0.1) is 11.3 Å². The number of hydrogen-bond acceptors (Lipinski definition) is 3. The van der Waals surface area contributed by atoms with Gasteiger partial charge >= 0.3 is 0 Å². The van der Waals surface area contributed by atoms with Crippen molar-refractivity contribution in [3.63, 3.8) is 0 Å². The van der Waals surface area contributed by atoms with E-state index in [0.29, 0.717) is 18.2 Å². The molecule has 0 fully saturated rings. The lowest BCUT2D eigenvalue weighted by Gasteiger charge is -2.25. The van der Waals surface area contributed by atoms with Gasteiger partial charge in [0.2, 0.25) is 0 Å². The number of guanidine groups is 1. The zero-order chi connectivity index (χ0) is 19.5. The average Bonchev–Trinajstić information content (AvgIpc) is 2.71. The van der Waals surface area contributed by atoms with Crippen LogP contribution in [-0.4, -0.2) is 37.5 Å². The van der Waals surface area contributed by atoms with Crippen LogP contribution in [0.25, 0.3) is 0 Å². The number of nitrogens with zero attached hydrogens (tertiary/aromatic N) is 3. The Kier molecular flexibility index (Phi) is 8.34. The Morgan fingerprint density at radius 2 is 1.85 bits per heavy atom. The Morgan fingerprint density at radius 3 is 2.56 bits per heavy atom. The quantitative estimate of drug-likeness (QED) is 0.559. The molecular formula is C22H29N5. The standard InChI is InChI=1S/C22H29N5/c1-18(27(3)17-19-8-5-4-6-9-19)12-13-25-22(24-2)26-16-21-11-7-10-20(14-21)15-23/h4-11,14,18H,12-13,16-17H2,1-3H3,(H2,24,25,26). The maximum Gasteiger partial charge on any atom is 0.191 e. The first-order chi connectivity index (χ1) is 13.1. The number of aliphatic imine (C=N–C) groups is 1. The van der Waals surface area contributed by atoms with Gasteiger partial charge < -0.3 is 10.6 Å². The summed E-state index contributed by atoms with van der Waals surface area (Å²) in [5.74, 6) is 0.773. The van der Waals surface area contributed by atoms with E-state index in [9.17, 15) is 0 Å². The molecule has 1 unspecified atom stereocenters. The van der Waals surface area contributed by atoms with Crippen LogP contribution < -0.4 is 10.6 Å². The highest BCUT2D eigenvalue weighted by molar-refractivity contribution is 5.79. The van der Waals surface area contributed by atoms with Gasteiger partial charge in [0.05, 0.1) is 11.6 Å². The fourth-order valence-electron chi connectivity index (χ4n) is 2.80. The van der Waals surface area contributed by atoms with E-state index in [1.165, 1.54) is 5.56 Å². The summed E-state index contributed by atoms with van der Waals surface area (Å²) in [7, 11) is 3.93. The first kappa shape index (κ1) is 20.5. The smallest absolute Gasteiger partial charge is 0.191 e. The van der Waals surface area contributed by atoms with Gasteiger partial charge in [-0.15, -0.1) is 0 Å². The molecule has 0 spiro atoms. The van der Waals surface area contributed by atoms with E-state index in [0.717, 1.165) is 31.0 Å². The molecule has 0 saturated heterocycles. The van der Waals surface area contributed by atoms with Crippen LogP contribution in [0.15, 0.2) is 59.6 Å². The molecule has 0 radical (unpaired) electrons. The van der Waals surface area contributed by atoms with Crippen molar-refractivity contribution in [2.24, 2.45) is 4.99 Å². The van der Waals surface area contributed by atoms with Crippen LogP contribution in [0.4, 0.5) is 0 Å². The summed E-state index contributed by atoms with van der Waals surface area (Å²) in [4.78, 5) is 6.63. The van der Waals surface area contributed by atoms with Crippen molar-refractivity contribution in [2.45, 2.75) is 32.5 Å². The molecular weight excluding hydrogens is 334 g/mol. The van der Waals surface area contributed by atoms with E-state index in [1.807, 2.05) is 30.3 Å². The molecule has 2 N–H and O–H groups in total. The molecule has 2 rings (SSSR count). The highest BCUT2D eigenvalue weighted by Crippen LogP contribution is 2.08. The zero-order valence-corrected chi connectivity index (χ0v) is 16.4. The van der Waals surface area contributed by atoms with Crippen molar-refractivity contribution in [3.05, 3.63) is 71.3 Å². The predicted molar refractivity (Wildman–Crippen MR) is 111 cm³/mol. The van der Waals surface area contributed by atoms with Crippen molar-refractivity contribution < 1.29 is 0 Å². The minimum atomic E-state index is 0.461. The summed E-state index contributed by atoms with van der Waals surface area (Å²) in [6.45, 7) is 4.68. The Morgan fingerprint density at radius 1 is 1.11 bits per heavy atom. The molecule has 0 heterocycles. The van der Waals surface area contributed by atoms with Gasteiger partial charge in [0.25, 0.3) is 0 Å². The molecule has 0 aromatic heterocycles. The Bertz CT molecular complexity index is 764. The zero-order valence-electron chi connectivity index (χ0n) is 16.4. The molecule has 1 atom stereocenters. The summed E-state index contributed by atoms with van der Waals surface area (Å²) in [6.07, 6.45) is 1.02. The van der Waals surface area contributed by atoms with E-state index in [2.05, 4.69) is 64.8 Å². The van der Waals surface area contributed by atoms with Gasteiger partial charge in [-0.2, -0.15) is 5.26 Å². The largest absolute Gasteiger partial charge is 0.356 e. The van der Waals surface area contributed by atoms with Gasteiger partial charge in [-0.1, -0.05) is 42.5 Å². The second-order valence-electron chi connectivity index (χ2n) is 6.70. The van der Waals surface area contributed by atoms with Gasteiger partial charge in [-0.3, -0.25) is 9.89 Å². The molecule has 0 aliphatic carbocycles. The molecule has 5 nitrogen and oxygen atoms in total. The summed E-state index contributed by atoms with van der Waals surface area (Å²) in [5.41, 5.74) is 3.07. The lowest BCUT2D eigenvalue weighted by molar-refractivity contribution is 0.238. The summed E-state index contributed by atoms with van der Waals surface area (Å²) in [6, 6.07) is 20.8. The van der Waals surface area contributed by atoms with Gasteiger partial charge in [0.1, 0.15) is 0 Å². The molecule has 5 heteroatoms. The van der Waals surface area contributed by atoms with Crippen LogP contribution >= 0.6 is 0 Å². The molecule has 0 saturated carbocycles. The van der Waals surface area contributed by atoms with Crippen molar-refractivity contribution in [3.8, 4) is 6.07 Å². The summed E-state index contributed by atoms with van der Waals surface area (Å²) >= 11 is 0. The maximum absolute atomic E-state index is 8.98. The Hall–Kier alpha value is -2.84. The fraction of sp³-hybridized carbons (Fsp3) is 0.364. The molecule has 0 amide bonds. The summed E-state index contributed by atoms with van der Waals surface area (Å²) in [5, 5.41) is 15.6. The monoisotopic (exact) mass is 363 g/mol. The van der Waals surface area contributed by atoms with Gasteiger partial charge in [0.15, 0.2) is 5.96 Å². The second kappa shape index (κ2) is 11.0. The third kappa shape index (κ3) is 7.12. The number of nitrogens with one attached hydrogen (secondary N) is 2. The third-order valence-electron chi connectivity index (χ3n) is 4.62. The SMILES string of the molecule is CN=C(NCCC(C)N(C)Cc1ccccc1)NCc1cccc(C#N)c1. The number of nitriles is 1. The highest BCUT2D eigenvalue weighted by Gasteiger charge is 2.09. The third-order valence-corrected chi connectivity index (χ3v) is 4.62. The van der Waals surface area contributed by atoms with E-state index >= 15 is 0 Å².